The molecule has 1 aliphatic rings. The number of piperidine rings is 1. The molecule has 0 aliphatic carbocycles. The lowest BCUT2D eigenvalue weighted by Crippen LogP contribution is -2.33. The fourth-order valence-electron chi connectivity index (χ4n) is 2.30. The maximum absolute atomic E-state index is 12.1. The van der Waals surface area contributed by atoms with Crippen molar-refractivity contribution < 1.29 is 8.42 Å². The summed E-state index contributed by atoms with van der Waals surface area (Å²) in [7, 11) is -3.51. The lowest BCUT2D eigenvalue weighted by atomic mass is 9.96. The van der Waals surface area contributed by atoms with E-state index in [1.807, 2.05) is 0 Å². The van der Waals surface area contributed by atoms with Crippen LogP contribution < -0.4 is 10.0 Å². The topological polar surface area (TPSA) is 58.2 Å². The molecule has 2 rings (SSSR count). The summed E-state index contributed by atoms with van der Waals surface area (Å²) in [5.41, 5.74) is 0. The molecule has 1 unspecified atom stereocenters. The van der Waals surface area contributed by atoms with Crippen LogP contribution >= 0.6 is 35.6 Å². The highest BCUT2D eigenvalue weighted by Gasteiger charge is 2.17. The van der Waals surface area contributed by atoms with E-state index in [1.165, 1.54) is 18.2 Å². The Morgan fingerprint density at radius 1 is 1.29 bits per heavy atom. The predicted octanol–water partition coefficient (Wildman–Crippen LogP) is 3.08. The van der Waals surface area contributed by atoms with Crippen molar-refractivity contribution in [3.8, 4) is 0 Å². The van der Waals surface area contributed by atoms with E-state index < -0.39 is 10.0 Å². The molecular formula is C13H19Cl3N2O2S. The Kier molecular flexibility index (Phi) is 7.74. The van der Waals surface area contributed by atoms with Crippen LogP contribution in [0.3, 0.4) is 0 Å². The first-order chi connectivity index (χ1) is 9.49. The Bertz CT molecular complexity index is 561. The van der Waals surface area contributed by atoms with Crippen LogP contribution in [0.5, 0.6) is 0 Å². The standard InChI is InChI=1S/C13H18Cl2N2O2S.ClH/c14-12-4-3-11(8-13(12)15)20(18,19)17-7-5-10-2-1-6-16-9-10;/h3-4,8,10,16-17H,1-2,5-7,9H2;1H. The molecule has 1 atom stereocenters. The zero-order chi connectivity index (χ0) is 14.6. The highest BCUT2D eigenvalue weighted by Crippen LogP contribution is 2.24. The highest BCUT2D eigenvalue weighted by atomic mass is 35.5. The van der Waals surface area contributed by atoms with Crippen LogP contribution in [0, 0.1) is 5.92 Å². The molecule has 0 saturated carbocycles. The fraction of sp³-hybridized carbons (Fsp3) is 0.538. The number of hydrogen-bond acceptors (Lipinski definition) is 3. The quantitative estimate of drug-likeness (QED) is 0.834. The number of nitrogens with one attached hydrogen (secondary N) is 2. The van der Waals surface area contributed by atoms with Crippen molar-refractivity contribution in [1.82, 2.24) is 10.0 Å². The van der Waals surface area contributed by atoms with Gasteiger partial charge in [0.05, 0.1) is 14.9 Å². The molecule has 8 heteroatoms. The summed E-state index contributed by atoms with van der Waals surface area (Å²) in [5, 5.41) is 3.91. The molecule has 0 aromatic heterocycles. The molecule has 4 nitrogen and oxygen atoms in total. The van der Waals surface area contributed by atoms with Crippen LogP contribution in [-0.4, -0.2) is 28.1 Å². The third-order valence-electron chi connectivity index (χ3n) is 3.44. The van der Waals surface area contributed by atoms with E-state index in [0.717, 1.165) is 32.4 Å². The van der Waals surface area contributed by atoms with E-state index in [2.05, 4.69) is 10.0 Å². The Balaban J connectivity index is 0.00000220. The first-order valence-corrected chi connectivity index (χ1v) is 8.88. The molecule has 1 aromatic carbocycles. The van der Waals surface area contributed by atoms with Gasteiger partial charge in [-0.2, -0.15) is 0 Å². The molecule has 0 radical (unpaired) electrons. The summed E-state index contributed by atoms with van der Waals surface area (Å²) in [6.07, 6.45) is 3.15. The molecule has 1 aliphatic heterocycles. The summed E-state index contributed by atoms with van der Waals surface area (Å²) in [6, 6.07) is 4.32. The second kappa shape index (κ2) is 8.56. The zero-order valence-corrected chi connectivity index (χ0v) is 14.6. The SMILES string of the molecule is Cl.O=S(=O)(NCCC1CCCNC1)c1ccc(Cl)c(Cl)c1. The number of halogens is 3. The van der Waals surface area contributed by atoms with E-state index in [4.69, 9.17) is 23.2 Å². The summed E-state index contributed by atoms with van der Waals surface area (Å²) in [6.45, 7) is 2.47. The van der Waals surface area contributed by atoms with E-state index in [-0.39, 0.29) is 22.3 Å². The molecule has 1 fully saturated rings. The van der Waals surface area contributed by atoms with Crippen LogP contribution in [0.4, 0.5) is 0 Å². The highest BCUT2D eigenvalue weighted by molar-refractivity contribution is 7.89. The number of sulfonamides is 1. The molecule has 2 N–H and O–H groups in total. The number of rotatable bonds is 5. The maximum atomic E-state index is 12.1. The van der Waals surface area contributed by atoms with Crippen molar-refractivity contribution in [1.29, 1.82) is 0 Å². The Labute approximate surface area is 142 Å². The van der Waals surface area contributed by atoms with Gasteiger partial charge in [0, 0.05) is 6.54 Å². The van der Waals surface area contributed by atoms with Gasteiger partial charge in [-0.1, -0.05) is 23.2 Å². The first kappa shape index (κ1) is 19.0. The van der Waals surface area contributed by atoms with Crippen molar-refractivity contribution in [3.05, 3.63) is 28.2 Å². The minimum atomic E-state index is -3.51. The summed E-state index contributed by atoms with van der Waals surface area (Å²) < 4.78 is 26.8. The summed E-state index contributed by atoms with van der Waals surface area (Å²) in [4.78, 5) is 0.147. The molecule has 0 amide bonds. The van der Waals surface area contributed by atoms with Gasteiger partial charge in [-0.25, -0.2) is 13.1 Å². The lowest BCUT2D eigenvalue weighted by molar-refractivity contribution is 0.358. The minimum absolute atomic E-state index is 0. The second-order valence-corrected chi connectivity index (χ2v) is 7.56. The van der Waals surface area contributed by atoms with Crippen LogP contribution in [0.15, 0.2) is 23.1 Å². The molecule has 1 saturated heterocycles. The van der Waals surface area contributed by atoms with E-state index >= 15 is 0 Å². The Morgan fingerprint density at radius 2 is 2.05 bits per heavy atom. The largest absolute Gasteiger partial charge is 0.316 e. The number of benzene rings is 1. The third kappa shape index (κ3) is 5.58. The molecule has 1 aromatic rings. The van der Waals surface area contributed by atoms with Gasteiger partial charge in [0.1, 0.15) is 0 Å². The van der Waals surface area contributed by atoms with Crippen LogP contribution in [0.2, 0.25) is 10.0 Å². The van der Waals surface area contributed by atoms with Gasteiger partial charge >= 0.3 is 0 Å². The van der Waals surface area contributed by atoms with Crippen LogP contribution in [-0.2, 0) is 10.0 Å². The van der Waals surface area contributed by atoms with Gasteiger partial charge < -0.3 is 5.32 Å². The normalized spacial score (nSPS) is 19.0. The van der Waals surface area contributed by atoms with Crippen molar-refractivity contribution in [2.24, 2.45) is 5.92 Å². The van der Waals surface area contributed by atoms with Crippen molar-refractivity contribution >= 4 is 45.6 Å². The molecular weight excluding hydrogens is 355 g/mol. The molecule has 120 valence electrons. The summed E-state index contributed by atoms with van der Waals surface area (Å²) in [5.74, 6) is 0.542. The van der Waals surface area contributed by atoms with E-state index in [0.29, 0.717) is 17.5 Å². The zero-order valence-electron chi connectivity index (χ0n) is 11.4. The van der Waals surface area contributed by atoms with Gasteiger partial charge in [-0.05, 0) is 56.5 Å². The molecule has 0 bridgehead atoms. The third-order valence-corrected chi connectivity index (χ3v) is 5.64. The predicted molar refractivity (Wildman–Crippen MR) is 89.1 cm³/mol. The Morgan fingerprint density at radius 3 is 2.67 bits per heavy atom. The van der Waals surface area contributed by atoms with Gasteiger partial charge in [-0.15, -0.1) is 12.4 Å². The van der Waals surface area contributed by atoms with Crippen molar-refractivity contribution in [3.63, 3.8) is 0 Å². The van der Waals surface area contributed by atoms with Gasteiger partial charge in [-0.3, -0.25) is 0 Å². The average molecular weight is 374 g/mol. The molecule has 0 spiro atoms. The minimum Gasteiger partial charge on any atom is -0.316 e. The fourth-order valence-corrected chi connectivity index (χ4v) is 3.73. The van der Waals surface area contributed by atoms with Gasteiger partial charge in [0.15, 0.2) is 0 Å². The van der Waals surface area contributed by atoms with Crippen LogP contribution in [0.25, 0.3) is 0 Å². The average Bonchev–Trinajstić information content (AvgIpc) is 2.43. The van der Waals surface area contributed by atoms with Crippen molar-refractivity contribution in [2.75, 3.05) is 19.6 Å². The monoisotopic (exact) mass is 372 g/mol. The van der Waals surface area contributed by atoms with E-state index in [9.17, 15) is 8.42 Å². The molecule has 1 heterocycles. The summed E-state index contributed by atoms with van der Waals surface area (Å²) >= 11 is 11.6. The van der Waals surface area contributed by atoms with Crippen molar-refractivity contribution in [2.45, 2.75) is 24.2 Å². The lowest BCUT2D eigenvalue weighted by Gasteiger charge is -2.22. The first-order valence-electron chi connectivity index (χ1n) is 6.64. The number of hydrogen-bond donors (Lipinski definition) is 2. The Hall–Kier alpha value is -0.0400. The van der Waals surface area contributed by atoms with E-state index in [1.54, 1.807) is 0 Å². The maximum Gasteiger partial charge on any atom is 0.240 e. The molecule has 21 heavy (non-hydrogen) atoms. The van der Waals surface area contributed by atoms with Gasteiger partial charge in [0.25, 0.3) is 0 Å². The second-order valence-electron chi connectivity index (χ2n) is 4.97. The smallest absolute Gasteiger partial charge is 0.240 e. The van der Waals surface area contributed by atoms with Gasteiger partial charge in [0.2, 0.25) is 10.0 Å². The van der Waals surface area contributed by atoms with Crippen LogP contribution in [0.1, 0.15) is 19.3 Å².